The molecule has 148 valence electrons. The summed E-state index contributed by atoms with van der Waals surface area (Å²) in [6, 6.07) is 9.38. The lowest BCUT2D eigenvalue weighted by atomic mass is 10.2. The Morgan fingerprint density at radius 2 is 2.04 bits per heavy atom. The van der Waals surface area contributed by atoms with Gasteiger partial charge in [-0.1, -0.05) is 17.3 Å². The molecule has 3 aromatic rings. The summed E-state index contributed by atoms with van der Waals surface area (Å²) in [5, 5.41) is 7.84. The largest absolute Gasteiger partial charge is 0.484 e. The molecule has 3 rings (SSSR count). The predicted octanol–water partition coefficient (Wildman–Crippen LogP) is 3.13. The SMILES string of the molecule is CN(Cc1ccc(OCC(F)(F)F)cc1)C(=O)c1cc(Cn2cccn2)on1. The van der Waals surface area contributed by atoms with Gasteiger partial charge in [0.25, 0.3) is 5.91 Å². The zero-order valence-corrected chi connectivity index (χ0v) is 14.9. The standard InChI is InChI=1S/C18H17F3N4O3/c1-24(10-13-3-5-14(6-4-13)27-12-18(19,20)21)17(26)16-9-15(28-23-16)11-25-8-2-7-22-25/h2-9H,10-12H2,1H3. The van der Waals surface area contributed by atoms with Crippen molar-refractivity contribution in [1.82, 2.24) is 19.8 Å². The monoisotopic (exact) mass is 394 g/mol. The number of halogens is 3. The van der Waals surface area contributed by atoms with Gasteiger partial charge in [0.15, 0.2) is 18.1 Å². The topological polar surface area (TPSA) is 73.4 Å². The van der Waals surface area contributed by atoms with Gasteiger partial charge in [-0.05, 0) is 23.8 Å². The van der Waals surface area contributed by atoms with E-state index >= 15 is 0 Å². The van der Waals surface area contributed by atoms with Crippen molar-refractivity contribution in [3.05, 3.63) is 65.8 Å². The van der Waals surface area contributed by atoms with Crippen molar-refractivity contribution in [3.63, 3.8) is 0 Å². The van der Waals surface area contributed by atoms with E-state index in [1.54, 1.807) is 48.4 Å². The van der Waals surface area contributed by atoms with Crippen LogP contribution < -0.4 is 4.74 Å². The highest BCUT2D eigenvalue weighted by atomic mass is 19.4. The molecule has 0 aliphatic carbocycles. The molecule has 0 spiro atoms. The number of hydrogen-bond donors (Lipinski definition) is 0. The second-order valence-electron chi connectivity index (χ2n) is 6.09. The van der Waals surface area contributed by atoms with Gasteiger partial charge in [-0.2, -0.15) is 18.3 Å². The van der Waals surface area contributed by atoms with Crippen LogP contribution >= 0.6 is 0 Å². The summed E-state index contributed by atoms with van der Waals surface area (Å²) < 4.78 is 47.9. The van der Waals surface area contributed by atoms with Crippen molar-refractivity contribution in [2.45, 2.75) is 19.3 Å². The van der Waals surface area contributed by atoms with Crippen LogP contribution in [0.25, 0.3) is 0 Å². The molecule has 0 saturated carbocycles. The van der Waals surface area contributed by atoms with Crippen LogP contribution in [-0.2, 0) is 13.1 Å². The predicted molar refractivity (Wildman–Crippen MR) is 91.6 cm³/mol. The van der Waals surface area contributed by atoms with Crippen LogP contribution in [0.2, 0.25) is 0 Å². The van der Waals surface area contributed by atoms with Gasteiger partial charge < -0.3 is 14.2 Å². The molecule has 0 radical (unpaired) electrons. The van der Waals surface area contributed by atoms with Crippen LogP contribution in [0.1, 0.15) is 21.8 Å². The van der Waals surface area contributed by atoms with E-state index in [0.29, 0.717) is 12.3 Å². The molecule has 28 heavy (non-hydrogen) atoms. The summed E-state index contributed by atoms with van der Waals surface area (Å²) >= 11 is 0. The summed E-state index contributed by atoms with van der Waals surface area (Å²) in [7, 11) is 1.60. The van der Waals surface area contributed by atoms with Crippen LogP contribution in [0.15, 0.2) is 53.3 Å². The lowest BCUT2D eigenvalue weighted by Gasteiger charge is -2.16. The Labute approximate surface area is 158 Å². The van der Waals surface area contributed by atoms with Crippen LogP contribution in [0.3, 0.4) is 0 Å². The third kappa shape index (κ3) is 5.35. The highest BCUT2D eigenvalue weighted by Gasteiger charge is 2.28. The molecule has 0 saturated heterocycles. The zero-order chi connectivity index (χ0) is 20.1. The van der Waals surface area contributed by atoms with Crippen molar-refractivity contribution >= 4 is 5.91 Å². The summed E-state index contributed by atoms with van der Waals surface area (Å²) in [6.07, 6.45) is -0.993. The number of ether oxygens (including phenoxy) is 1. The molecule has 0 aliphatic rings. The van der Waals surface area contributed by atoms with Gasteiger partial charge in [-0.3, -0.25) is 9.48 Å². The van der Waals surface area contributed by atoms with Gasteiger partial charge in [0.05, 0.1) is 0 Å². The first-order valence-electron chi connectivity index (χ1n) is 8.27. The first-order chi connectivity index (χ1) is 13.3. The molecule has 0 unspecified atom stereocenters. The van der Waals surface area contributed by atoms with Crippen LogP contribution in [0, 0.1) is 0 Å². The first kappa shape index (κ1) is 19.5. The van der Waals surface area contributed by atoms with Crippen molar-refractivity contribution in [1.29, 1.82) is 0 Å². The van der Waals surface area contributed by atoms with Gasteiger partial charge in [0.1, 0.15) is 12.3 Å². The normalized spacial score (nSPS) is 11.4. The van der Waals surface area contributed by atoms with E-state index in [1.807, 2.05) is 0 Å². The number of alkyl halides is 3. The third-order valence-electron chi connectivity index (χ3n) is 3.75. The first-order valence-corrected chi connectivity index (χ1v) is 8.27. The number of carbonyl (C=O) groups excluding carboxylic acids is 1. The molecule has 2 aromatic heterocycles. The molecule has 0 bridgehead atoms. The lowest BCUT2D eigenvalue weighted by molar-refractivity contribution is -0.153. The van der Waals surface area contributed by atoms with Crippen molar-refractivity contribution < 1.29 is 27.2 Å². The molecule has 0 atom stereocenters. The maximum Gasteiger partial charge on any atom is 0.422 e. The Balaban J connectivity index is 1.56. The average molecular weight is 394 g/mol. The molecule has 7 nitrogen and oxygen atoms in total. The number of amides is 1. The van der Waals surface area contributed by atoms with Crippen LogP contribution in [-0.4, -0.2) is 45.6 Å². The smallest absolute Gasteiger partial charge is 0.422 e. The average Bonchev–Trinajstić information content (AvgIpc) is 3.32. The van der Waals surface area contributed by atoms with Crippen molar-refractivity contribution in [2.24, 2.45) is 0 Å². The molecule has 0 fully saturated rings. The van der Waals surface area contributed by atoms with Crippen molar-refractivity contribution in [2.75, 3.05) is 13.7 Å². The number of aromatic nitrogens is 3. The quantitative estimate of drug-likeness (QED) is 0.616. The van der Waals surface area contributed by atoms with E-state index in [4.69, 9.17) is 4.52 Å². The van der Waals surface area contributed by atoms with Gasteiger partial charge in [-0.25, -0.2) is 0 Å². The number of hydrogen-bond acceptors (Lipinski definition) is 5. The molecule has 2 heterocycles. The van der Waals surface area contributed by atoms with Crippen molar-refractivity contribution in [3.8, 4) is 5.75 Å². The van der Waals surface area contributed by atoms with Gasteiger partial charge in [0, 0.05) is 32.1 Å². The van der Waals surface area contributed by atoms with Gasteiger partial charge in [-0.15, -0.1) is 0 Å². The summed E-state index contributed by atoms with van der Waals surface area (Å²) in [4.78, 5) is 13.9. The maximum absolute atomic E-state index is 12.5. The molecule has 1 aromatic carbocycles. The Hall–Kier alpha value is -3.30. The van der Waals surface area contributed by atoms with E-state index in [-0.39, 0.29) is 23.9 Å². The zero-order valence-electron chi connectivity index (χ0n) is 14.9. The van der Waals surface area contributed by atoms with Crippen LogP contribution in [0.5, 0.6) is 5.75 Å². The van der Waals surface area contributed by atoms with Gasteiger partial charge in [0.2, 0.25) is 0 Å². The molecular weight excluding hydrogens is 377 g/mol. The Morgan fingerprint density at radius 3 is 2.68 bits per heavy atom. The minimum Gasteiger partial charge on any atom is -0.484 e. The molecule has 10 heteroatoms. The second kappa shape index (κ2) is 8.15. The fourth-order valence-electron chi connectivity index (χ4n) is 2.44. The van der Waals surface area contributed by atoms with Crippen LogP contribution in [0.4, 0.5) is 13.2 Å². The van der Waals surface area contributed by atoms with E-state index < -0.39 is 12.8 Å². The number of rotatable bonds is 7. The fourth-order valence-corrected chi connectivity index (χ4v) is 2.44. The highest BCUT2D eigenvalue weighted by Crippen LogP contribution is 2.19. The van der Waals surface area contributed by atoms with E-state index in [0.717, 1.165) is 5.56 Å². The van der Waals surface area contributed by atoms with Gasteiger partial charge >= 0.3 is 6.18 Å². The summed E-state index contributed by atoms with van der Waals surface area (Å²) in [5.41, 5.74) is 0.894. The fraction of sp³-hybridized carbons (Fsp3) is 0.278. The number of benzene rings is 1. The molecule has 0 aliphatic heterocycles. The Kier molecular flexibility index (Phi) is 5.67. The number of carbonyl (C=O) groups is 1. The molecule has 1 amide bonds. The highest BCUT2D eigenvalue weighted by molar-refractivity contribution is 5.92. The lowest BCUT2D eigenvalue weighted by Crippen LogP contribution is -2.26. The summed E-state index contributed by atoms with van der Waals surface area (Å²) in [6.45, 7) is -0.742. The van der Waals surface area contributed by atoms with E-state index in [2.05, 4.69) is 15.0 Å². The van der Waals surface area contributed by atoms with E-state index in [9.17, 15) is 18.0 Å². The third-order valence-corrected chi connectivity index (χ3v) is 3.75. The minimum atomic E-state index is -4.39. The Bertz CT molecular complexity index is 905. The molecular formula is C18H17F3N4O3. The second-order valence-corrected chi connectivity index (χ2v) is 6.09. The van der Waals surface area contributed by atoms with E-state index in [1.165, 1.54) is 17.0 Å². The number of nitrogens with zero attached hydrogens (tertiary/aromatic N) is 4. The molecule has 0 N–H and O–H groups in total. The Morgan fingerprint density at radius 1 is 1.29 bits per heavy atom. The maximum atomic E-state index is 12.5. The summed E-state index contributed by atoms with van der Waals surface area (Å²) in [5.74, 6) is 0.259. The minimum absolute atomic E-state index is 0.106.